The maximum Gasteiger partial charge on any atom is 0.125 e. The minimum absolute atomic E-state index is 0.0192. The van der Waals surface area contributed by atoms with E-state index in [1.165, 1.54) is 16.7 Å². The highest BCUT2D eigenvalue weighted by molar-refractivity contribution is 5.52. The third kappa shape index (κ3) is 2.33. The summed E-state index contributed by atoms with van der Waals surface area (Å²) in [4.78, 5) is 0. The van der Waals surface area contributed by atoms with Gasteiger partial charge >= 0.3 is 0 Å². The van der Waals surface area contributed by atoms with Crippen LogP contribution in [0.3, 0.4) is 0 Å². The highest BCUT2D eigenvalue weighted by Gasteiger charge is 2.53. The third-order valence-corrected chi connectivity index (χ3v) is 6.88. The molecule has 1 saturated carbocycles. The molecule has 1 N–H and O–H groups in total. The number of rotatable bonds is 2. The number of hydrogen-bond acceptors (Lipinski definition) is 2. The number of hydrogen-bond donors (Lipinski definition) is 1. The number of methoxy groups -OCH3 is 1. The smallest absolute Gasteiger partial charge is 0.125 e. The zero-order valence-electron chi connectivity index (χ0n) is 15.6. The molecule has 0 bridgehead atoms. The van der Waals surface area contributed by atoms with E-state index < -0.39 is 0 Å². The zero-order valence-corrected chi connectivity index (χ0v) is 15.6. The predicted octanol–water partition coefficient (Wildman–Crippen LogP) is 4.82. The molecule has 0 amide bonds. The van der Waals surface area contributed by atoms with Gasteiger partial charge in [0.05, 0.1) is 13.2 Å². The van der Waals surface area contributed by atoms with E-state index in [-0.39, 0.29) is 16.9 Å². The van der Waals surface area contributed by atoms with Crippen molar-refractivity contribution in [3.8, 4) is 5.75 Å². The second kappa shape index (κ2) is 5.51. The molecule has 1 aromatic rings. The molecule has 3 atom stereocenters. The summed E-state index contributed by atoms with van der Waals surface area (Å²) in [5, 5.41) is 10.5. The first kappa shape index (κ1) is 16.8. The molecule has 0 aliphatic heterocycles. The van der Waals surface area contributed by atoms with Gasteiger partial charge in [0.1, 0.15) is 5.75 Å². The van der Waals surface area contributed by atoms with Crippen molar-refractivity contribution in [2.24, 2.45) is 11.3 Å². The van der Waals surface area contributed by atoms with Crippen molar-refractivity contribution in [3.05, 3.63) is 28.8 Å². The molecule has 0 radical (unpaired) electrons. The van der Waals surface area contributed by atoms with Gasteiger partial charge in [-0.15, -0.1) is 0 Å². The summed E-state index contributed by atoms with van der Waals surface area (Å²) in [5.41, 5.74) is 4.34. The molecule has 3 rings (SSSR count). The van der Waals surface area contributed by atoms with Crippen LogP contribution in [0.4, 0.5) is 0 Å². The average molecular weight is 316 g/mol. The van der Waals surface area contributed by atoms with Gasteiger partial charge < -0.3 is 9.84 Å². The quantitative estimate of drug-likeness (QED) is 0.847. The van der Waals surface area contributed by atoms with Gasteiger partial charge in [-0.2, -0.15) is 0 Å². The highest BCUT2D eigenvalue weighted by Crippen LogP contribution is 2.58. The molecule has 1 aromatic carbocycles. The van der Waals surface area contributed by atoms with E-state index in [4.69, 9.17) is 4.74 Å². The first-order valence-electron chi connectivity index (χ1n) is 9.11. The van der Waals surface area contributed by atoms with Gasteiger partial charge in [0.2, 0.25) is 0 Å². The summed E-state index contributed by atoms with van der Waals surface area (Å²) in [6.07, 6.45) is 3.99. The fraction of sp³-hybridized carbons (Fsp3) is 0.714. The van der Waals surface area contributed by atoms with Crippen molar-refractivity contribution in [1.82, 2.24) is 0 Å². The van der Waals surface area contributed by atoms with E-state index in [9.17, 15) is 5.11 Å². The second-order valence-electron chi connectivity index (χ2n) is 8.75. The molecule has 0 spiro atoms. The summed E-state index contributed by atoms with van der Waals surface area (Å²) in [6, 6.07) is 4.63. The van der Waals surface area contributed by atoms with Crippen LogP contribution < -0.4 is 4.74 Å². The van der Waals surface area contributed by atoms with Gasteiger partial charge in [0.25, 0.3) is 0 Å². The third-order valence-electron chi connectivity index (χ3n) is 6.88. The maximum atomic E-state index is 10.5. The Morgan fingerprint density at radius 3 is 2.48 bits per heavy atom. The van der Waals surface area contributed by atoms with Crippen LogP contribution in [0.25, 0.3) is 0 Å². The van der Waals surface area contributed by atoms with Gasteiger partial charge in [-0.05, 0) is 65.0 Å². The Morgan fingerprint density at radius 1 is 1.17 bits per heavy atom. The molecule has 0 saturated heterocycles. The van der Waals surface area contributed by atoms with Crippen LogP contribution in [-0.4, -0.2) is 18.3 Å². The number of fused-ring (bicyclic) bond motifs is 3. The Hall–Kier alpha value is -1.02. The lowest BCUT2D eigenvalue weighted by atomic mass is 9.49. The molecule has 0 heterocycles. The SMILES string of the molecule is COc1c(C(C)C)ccc2c1CCC1C2(C)CCC(O)C1(C)C. The fourth-order valence-corrected chi connectivity index (χ4v) is 5.46. The summed E-state index contributed by atoms with van der Waals surface area (Å²) in [7, 11) is 1.81. The van der Waals surface area contributed by atoms with E-state index >= 15 is 0 Å². The molecule has 1 fully saturated rings. The van der Waals surface area contributed by atoms with Crippen molar-refractivity contribution in [1.29, 1.82) is 0 Å². The Morgan fingerprint density at radius 2 is 1.87 bits per heavy atom. The summed E-state index contributed by atoms with van der Waals surface area (Å²) >= 11 is 0. The average Bonchev–Trinajstić information content (AvgIpc) is 2.50. The fourth-order valence-electron chi connectivity index (χ4n) is 5.46. The van der Waals surface area contributed by atoms with Crippen LogP contribution in [0, 0.1) is 11.3 Å². The van der Waals surface area contributed by atoms with Crippen molar-refractivity contribution < 1.29 is 9.84 Å². The van der Waals surface area contributed by atoms with Gasteiger partial charge in [-0.25, -0.2) is 0 Å². The second-order valence-corrected chi connectivity index (χ2v) is 8.75. The molecular formula is C21H32O2. The Kier molecular flexibility index (Phi) is 4.03. The van der Waals surface area contributed by atoms with Crippen LogP contribution in [0.5, 0.6) is 5.75 Å². The van der Waals surface area contributed by atoms with Crippen LogP contribution in [0.2, 0.25) is 0 Å². The summed E-state index contributed by atoms with van der Waals surface area (Å²) in [5.74, 6) is 2.12. The van der Waals surface area contributed by atoms with E-state index in [1.54, 1.807) is 0 Å². The van der Waals surface area contributed by atoms with E-state index in [0.717, 1.165) is 31.4 Å². The Labute approximate surface area is 141 Å². The lowest BCUT2D eigenvalue weighted by Gasteiger charge is -2.56. The maximum absolute atomic E-state index is 10.5. The van der Waals surface area contributed by atoms with Crippen molar-refractivity contribution in [2.75, 3.05) is 7.11 Å². The summed E-state index contributed by atoms with van der Waals surface area (Å²) < 4.78 is 5.85. The normalized spacial score (nSPS) is 32.3. The molecule has 23 heavy (non-hydrogen) atoms. The Bertz CT molecular complexity index is 602. The highest BCUT2D eigenvalue weighted by atomic mass is 16.5. The van der Waals surface area contributed by atoms with Crippen LogP contribution >= 0.6 is 0 Å². The van der Waals surface area contributed by atoms with Gasteiger partial charge in [-0.1, -0.05) is 46.8 Å². The van der Waals surface area contributed by atoms with Gasteiger partial charge in [0, 0.05) is 0 Å². The molecule has 2 aliphatic rings. The van der Waals surface area contributed by atoms with Crippen molar-refractivity contribution in [3.63, 3.8) is 0 Å². The lowest BCUT2D eigenvalue weighted by molar-refractivity contribution is -0.0732. The van der Waals surface area contributed by atoms with E-state index in [1.807, 2.05) is 7.11 Å². The molecule has 128 valence electrons. The molecule has 2 nitrogen and oxygen atoms in total. The van der Waals surface area contributed by atoms with E-state index in [2.05, 4.69) is 46.8 Å². The van der Waals surface area contributed by atoms with E-state index in [0.29, 0.717) is 11.8 Å². The van der Waals surface area contributed by atoms with Gasteiger partial charge in [-0.3, -0.25) is 0 Å². The predicted molar refractivity (Wildman–Crippen MR) is 95.3 cm³/mol. The largest absolute Gasteiger partial charge is 0.496 e. The molecule has 0 aromatic heterocycles. The topological polar surface area (TPSA) is 29.5 Å². The lowest BCUT2D eigenvalue weighted by Crippen LogP contribution is -2.53. The van der Waals surface area contributed by atoms with Crippen LogP contribution in [0.1, 0.15) is 76.5 Å². The van der Waals surface area contributed by atoms with Gasteiger partial charge in [0.15, 0.2) is 0 Å². The molecule has 2 aliphatic carbocycles. The number of aliphatic hydroxyl groups excluding tert-OH is 1. The monoisotopic (exact) mass is 316 g/mol. The first-order chi connectivity index (χ1) is 10.7. The van der Waals surface area contributed by atoms with Crippen molar-refractivity contribution >= 4 is 0 Å². The molecule has 2 heteroatoms. The molecule has 3 unspecified atom stereocenters. The van der Waals surface area contributed by atoms with Crippen LogP contribution in [0.15, 0.2) is 12.1 Å². The van der Waals surface area contributed by atoms with Crippen molar-refractivity contribution in [2.45, 2.75) is 77.7 Å². The zero-order chi connectivity index (χ0) is 17.0. The minimum Gasteiger partial charge on any atom is -0.496 e. The summed E-state index contributed by atoms with van der Waals surface area (Å²) in [6.45, 7) is 11.4. The Balaban J connectivity index is 2.15. The standard InChI is InChI=1S/C21H32O2/c1-13(2)14-7-9-16-15(19(14)23-6)8-10-17-20(3,4)18(22)11-12-21(16,17)5/h7,9,13,17-18,22H,8,10-12H2,1-6H3. The van der Waals surface area contributed by atoms with Crippen LogP contribution in [-0.2, 0) is 11.8 Å². The number of ether oxygens (including phenoxy) is 1. The number of benzene rings is 1. The molecular weight excluding hydrogens is 284 g/mol. The first-order valence-corrected chi connectivity index (χ1v) is 9.11. The number of aliphatic hydroxyl groups is 1. The minimum atomic E-state index is -0.182.